The molecule has 0 bridgehead atoms. The van der Waals surface area contributed by atoms with E-state index in [2.05, 4.69) is 18.2 Å². The molecule has 0 saturated carbocycles. The van der Waals surface area contributed by atoms with Crippen molar-refractivity contribution in [3.63, 3.8) is 0 Å². The van der Waals surface area contributed by atoms with Gasteiger partial charge in [-0.25, -0.2) is 9.78 Å². The summed E-state index contributed by atoms with van der Waals surface area (Å²) in [7, 11) is 0. The maximum atomic E-state index is 11.7. The Morgan fingerprint density at radius 3 is 2.56 bits per heavy atom. The number of carboxylic acid groups (broad SMARTS) is 1. The number of aromatic carboxylic acids is 1. The Hall–Kier alpha value is -2.92. The van der Waals surface area contributed by atoms with Crippen LogP contribution in [0, 0.1) is 0 Å². The highest BCUT2D eigenvalue weighted by atomic mass is 32.1. The van der Waals surface area contributed by atoms with E-state index in [1.54, 1.807) is 0 Å². The number of aromatic nitrogens is 2. The number of fused-ring (bicyclic) bond motifs is 2. The fourth-order valence-corrected chi connectivity index (χ4v) is 4.86. The lowest BCUT2D eigenvalue weighted by Gasteiger charge is -2.16. The fourth-order valence-electron chi connectivity index (χ4n) is 3.89. The first-order valence-corrected chi connectivity index (χ1v) is 9.95. The van der Waals surface area contributed by atoms with Gasteiger partial charge < -0.3 is 5.11 Å². The Morgan fingerprint density at radius 2 is 1.78 bits per heavy atom. The minimum absolute atomic E-state index is 0.320. The highest BCUT2D eigenvalue weighted by molar-refractivity contribution is 7.19. The normalized spacial score (nSPS) is 13.6. The minimum atomic E-state index is -0.917. The summed E-state index contributed by atoms with van der Waals surface area (Å²) in [6, 6.07) is 16.3. The van der Waals surface area contributed by atoms with Crippen LogP contribution < -0.4 is 0 Å². The van der Waals surface area contributed by atoms with Gasteiger partial charge in [0.2, 0.25) is 0 Å². The zero-order valence-corrected chi connectivity index (χ0v) is 15.5. The van der Waals surface area contributed by atoms with Crippen LogP contribution in [0.4, 0.5) is 0 Å². The molecule has 2 aromatic carbocycles. The van der Waals surface area contributed by atoms with Crippen molar-refractivity contribution in [2.24, 2.45) is 0 Å². The predicted molar refractivity (Wildman–Crippen MR) is 108 cm³/mol. The molecule has 5 rings (SSSR count). The average molecular weight is 374 g/mol. The van der Waals surface area contributed by atoms with Crippen LogP contribution in [-0.2, 0) is 12.8 Å². The summed E-state index contributed by atoms with van der Waals surface area (Å²) in [5, 5.41) is 9.63. The van der Waals surface area contributed by atoms with Crippen molar-refractivity contribution in [3.05, 3.63) is 70.7 Å². The lowest BCUT2D eigenvalue weighted by atomic mass is 9.90. The Bertz CT molecular complexity index is 1160. The van der Waals surface area contributed by atoms with Gasteiger partial charge in [0, 0.05) is 17.3 Å². The maximum absolute atomic E-state index is 11.7. The Labute approximate surface area is 160 Å². The Morgan fingerprint density at radius 1 is 1.00 bits per heavy atom. The Balaban J connectivity index is 1.66. The molecule has 2 aromatic heterocycles. The van der Waals surface area contributed by atoms with Crippen molar-refractivity contribution in [2.75, 3.05) is 0 Å². The molecule has 134 valence electrons. The van der Waals surface area contributed by atoms with Gasteiger partial charge in [0.15, 0.2) is 4.96 Å². The van der Waals surface area contributed by atoms with Gasteiger partial charge in [0.05, 0.1) is 11.4 Å². The molecule has 0 unspecified atom stereocenters. The molecular formula is C22H18N2O2S. The van der Waals surface area contributed by atoms with E-state index in [0.29, 0.717) is 15.5 Å². The van der Waals surface area contributed by atoms with Crippen LogP contribution in [0.3, 0.4) is 0 Å². The summed E-state index contributed by atoms with van der Waals surface area (Å²) in [5.74, 6) is -0.917. The van der Waals surface area contributed by atoms with Crippen LogP contribution in [0.5, 0.6) is 0 Å². The van der Waals surface area contributed by atoms with Crippen LogP contribution >= 0.6 is 11.3 Å². The van der Waals surface area contributed by atoms with E-state index in [1.807, 2.05) is 40.9 Å². The van der Waals surface area contributed by atoms with Gasteiger partial charge in [0.25, 0.3) is 0 Å². The molecule has 1 N–H and O–H groups in total. The van der Waals surface area contributed by atoms with E-state index < -0.39 is 5.97 Å². The number of hydrogen-bond donors (Lipinski definition) is 1. The van der Waals surface area contributed by atoms with E-state index in [9.17, 15) is 9.90 Å². The standard InChI is InChI=1S/C22H18N2O2S/c25-21(26)20-19(15-7-2-1-3-8-15)24-13-18(23-22(24)27-20)17-11-10-14-6-4-5-9-16(14)12-17/h1-3,7-8,10-13H,4-6,9H2,(H,25,26). The summed E-state index contributed by atoms with van der Waals surface area (Å²) >= 11 is 1.22. The number of benzene rings is 2. The second-order valence-corrected chi connectivity index (χ2v) is 7.90. The van der Waals surface area contributed by atoms with Gasteiger partial charge in [-0.15, -0.1) is 0 Å². The van der Waals surface area contributed by atoms with E-state index in [0.717, 1.165) is 29.7 Å². The third-order valence-electron chi connectivity index (χ3n) is 5.21. The summed E-state index contributed by atoms with van der Waals surface area (Å²) in [6.45, 7) is 0. The number of nitrogens with zero attached hydrogens (tertiary/aromatic N) is 2. The Kier molecular flexibility index (Phi) is 3.83. The van der Waals surface area contributed by atoms with Crippen molar-refractivity contribution in [1.82, 2.24) is 9.38 Å². The summed E-state index contributed by atoms with van der Waals surface area (Å²) < 4.78 is 1.91. The molecule has 0 amide bonds. The highest BCUT2D eigenvalue weighted by Gasteiger charge is 2.21. The third-order valence-corrected chi connectivity index (χ3v) is 6.25. The van der Waals surface area contributed by atoms with Crippen molar-refractivity contribution in [2.45, 2.75) is 25.7 Å². The number of thiazole rings is 1. The quantitative estimate of drug-likeness (QED) is 0.529. The topological polar surface area (TPSA) is 54.6 Å². The van der Waals surface area contributed by atoms with Gasteiger partial charge in [-0.3, -0.25) is 4.40 Å². The second-order valence-electron chi connectivity index (χ2n) is 6.92. The lowest BCUT2D eigenvalue weighted by molar-refractivity contribution is 0.0702. The maximum Gasteiger partial charge on any atom is 0.348 e. The average Bonchev–Trinajstić information content (AvgIpc) is 3.26. The predicted octanol–water partition coefficient (Wildman–Crippen LogP) is 5.31. The van der Waals surface area contributed by atoms with Crippen molar-refractivity contribution in [3.8, 4) is 22.5 Å². The van der Waals surface area contributed by atoms with Gasteiger partial charge >= 0.3 is 5.97 Å². The number of aryl methyl sites for hydroxylation is 2. The van der Waals surface area contributed by atoms with Crippen LogP contribution in [0.25, 0.3) is 27.5 Å². The number of imidazole rings is 1. The van der Waals surface area contributed by atoms with Crippen molar-refractivity contribution >= 4 is 22.3 Å². The molecule has 0 fully saturated rings. The van der Waals surface area contributed by atoms with Gasteiger partial charge in [-0.05, 0) is 42.9 Å². The minimum Gasteiger partial charge on any atom is -0.477 e. The smallest absolute Gasteiger partial charge is 0.348 e. The molecule has 2 heterocycles. The molecule has 4 aromatic rings. The van der Waals surface area contributed by atoms with Crippen molar-refractivity contribution in [1.29, 1.82) is 0 Å². The molecule has 0 saturated heterocycles. The number of carbonyl (C=O) groups is 1. The second kappa shape index (κ2) is 6.35. The highest BCUT2D eigenvalue weighted by Crippen LogP contribution is 2.34. The molecule has 0 radical (unpaired) electrons. The van der Waals surface area contributed by atoms with Gasteiger partial charge in [-0.2, -0.15) is 0 Å². The molecule has 1 aliphatic carbocycles. The summed E-state index contributed by atoms with van der Waals surface area (Å²) in [6.07, 6.45) is 6.77. The SMILES string of the molecule is O=C(O)c1sc2nc(-c3ccc4c(c3)CCCC4)cn2c1-c1ccccc1. The molecule has 0 aliphatic heterocycles. The first-order valence-electron chi connectivity index (χ1n) is 9.13. The first kappa shape index (κ1) is 16.3. The number of rotatable bonds is 3. The van der Waals surface area contributed by atoms with Crippen molar-refractivity contribution < 1.29 is 9.90 Å². The molecule has 0 spiro atoms. The van der Waals surface area contributed by atoms with Crippen LogP contribution in [-0.4, -0.2) is 20.5 Å². The number of hydrogen-bond acceptors (Lipinski definition) is 3. The summed E-state index contributed by atoms with van der Waals surface area (Å²) in [4.78, 5) is 17.5. The molecule has 27 heavy (non-hydrogen) atoms. The fraction of sp³-hybridized carbons (Fsp3) is 0.182. The molecule has 1 aliphatic rings. The first-order chi connectivity index (χ1) is 13.2. The van der Waals surface area contributed by atoms with Crippen LogP contribution in [0.2, 0.25) is 0 Å². The largest absolute Gasteiger partial charge is 0.477 e. The molecule has 4 nitrogen and oxygen atoms in total. The number of carboxylic acids is 1. The van der Waals surface area contributed by atoms with Crippen LogP contribution in [0.15, 0.2) is 54.7 Å². The van der Waals surface area contributed by atoms with E-state index in [1.165, 1.54) is 35.3 Å². The molecular weight excluding hydrogens is 356 g/mol. The van der Waals surface area contributed by atoms with E-state index in [4.69, 9.17) is 4.98 Å². The lowest BCUT2D eigenvalue weighted by Crippen LogP contribution is -2.02. The zero-order valence-electron chi connectivity index (χ0n) is 14.7. The van der Waals surface area contributed by atoms with Gasteiger partial charge in [-0.1, -0.05) is 53.8 Å². The molecule has 5 heteroatoms. The van der Waals surface area contributed by atoms with E-state index in [-0.39, 0.29) is 0 Å². The van der Waals surface area contributed by atoms with E-state index >= 15 is 0 Å². The zero-order chi connectivity index (χ0) is 18.4. The third kappa shape index (κ3) is 2.75. The monoisotopic (exact) mass is 374 g/mol. The molecule has 0 atom stereocenters. The van der Waals surface area contributed by atoms with Gasteiger partial charge in [0.1, 0.15) is 4.88 Å². The van der Waals surface area contributed by atoms with Crippen LogP contribution in [0.1, 0.15) is 33.6 Å². The summed E-state index contributed by atoms with van der Waals surface area (Å²) in [5.41, 5.74) is 6.44.